The van der Waals surface area contributed by atoms with Crippen molar-refractivity contribution in [1.82, 2.24) is 10.2 Å². The number of hydrogen-bond donors (Lipinski definition) is 1. The van der Waals surface area contributed by atoms with Crippen LogP contribution < -0.4 is 5.73 Å². The Morgan fingerprint density at radius 3 is 2.94 bits per heavy atom. The second kappa shape index (κ2) is 5.05. The van der Waals surface area contributed by atoms with Crippen molar-refractivity contribution < 1.29 is 8.81 Å². The Hall–Kier alpha value is -1.75. The van der Waals surface area contributed by atoms with Crippen LogP contribution in [0.1, 0.15) is 36.7 Å². The van der Waals surface area contributed by atoms with E-state index in [-0.39, 0.29) is 11.9 Å². The molecule has 1 aromatic heterocycles. The van der Waals surface area contributed by atoms with Crippen molar-refractivity contribution >= 4 is 0 Å². The monoisotopic (exact) mass is 235 g/mol. The van der Waals surface area contributed by atoms with E-state index in [1.165, 1.54) is 12.1 Å². The molecule has 2 N–H and O–H groups in total. The third-order valence-electron chi connectivity index (χ3n) is 2.48. The number of nitrogens with zero attached hydrogens (tertiary/aromatic N) is 2. The largest absolute Gasteiger partial charge is 0.423 e. The Balaban J connectivity index is 2.11. The summed E-state index contributed by atoms with van der Waals surface area (Å²) >= 11 is 0. The summed E-state index contributed by atoms with van der Waals surface area (Å²) in [6, 6.07) is 6.08. The first kappa shape index (κ1) is 11.7. The summed E-state index contributed by atoms with van der Waals surface area (Å²) in [5.74, 6) is 0.612. The minimum Gasteiger partial charge on any atom is -0.423 e. The molecule has 2 aromatic rings. The summed E-state index contributed by atoms with van der Waals surface area (Å²) in [4.78, 5) is 0. The van der Waals surface area contributed by atoms with Gasteiger partial charge in [-0.1, -0.05) is 19.1 Å². The van der Waals surface area contributed by atoms with Crippen LogP contribution in [0.2, 0.25) is 0 Å². The quantitative estimate of drug-likeness (QED) is 0.882. The van der Waals surface area contributed by atoms with Gasteiger partial charge in [-0.05, 0) is 24.1 Å². The highest BCUT2D eigenvalue weighted by Crippen LogP contribution is 2.14. The molecule has 0 aliphatic carbocycles. The van der Waals surface area contributed by atoms with Crippen molar-refractivity contribution in [2.75, 3.05) is 0 Å². The minimum atomic E-state index is -0.271. The summed E-state index contributed by atoms with van der Waals surface area (Å²) in [7, 11) is 0. The average molecular weight is 235 g/mol. The molecule has 0 aliphatic heterocycles. The number of aromatic nitrogens is 2. The highest BCUT2D eigenvalue weighted by Gasteiger charge is 2.12. The van der Waals surface area contributed by atoms with Gasteiger partial charge in [0.15, 0.2) is 0 Å². The second-order valence-corrected chi connectivity index (χ2v) is 3.86. The smallest absolute Gasteiger partial charge is 0.233 e. The van der Waals surface area contributed by atoms with Gasteiger partial charge in [-0.3, -0.25) is 0 Å². The van der Waals surface area contributed by atoms with Gasteiger partial charge in [0.1, 0.15) is 5.82 Å². The second-order valence-electron chi connectivity index (χ2n) is 3.86. The Morgan fingerprint density at radius 1 is 1.41 bits per heavy atom. The lowest BCUT2D eigenvalue weighted by atomic mass is 10.1. The number of nitrogens with two attached hydrogens (primary N) is 1. The van der Waals surface area contributed by atoms with Crippen molar-refractivity contribution in [1.29, 1.82) is 0 Å². The normalized spacial score (nSPS) is 12.6. The summed E-state index contributed by atoms with van der Waals surface area (Å²) in [6.45, 7) is 1.95. The van der Waals surface area contributed by atoms with Gasteiger partial charge in [0.05, 0.1) is 12.5 Å². The van der Waals surface area contributed by atoms with E-state index in [9.17, 15) is 4.39 Å². The number of hydrogen-bond acceptors (Lipinski definition) is 4. The molecule has 1 heterocycles. The van der Waals surface area contributed by atoms with Gasteiger partial charge in [0, 0.05) is 0 Å². The third kappa shape index (κ3) is 2.88. The van der Waals surface area contributed by atoms with Crippen LogP contribution in [0.25, 0.3) is 0 Å². The molecule has 0 spiro atoms. The zero-order valence-corrected chi connectivity index (χ0v) is 9.56. The van der Waals surface area contributed by atoms with Crippen LogP contribution in [0, 0.1) is 5.82 Å². The molecule has 2 rings (SSSR count). The molecule has 0 amide bonds. The SMILES string of the molecule is CCC(N)c1nnc(Cc2cccc(F)c2)o1. The molecule has 0 saturated heterocycles. The molecule has 4 nitrogen and oxygen atoms in total. The first-order chi connectivity index (χ1) is 8.19. The maximum atomic E-state index is 13.0. The molecule has 90 valence electrons. The maximum Gasteiger partial charge on any atom is 0.233 e. The summed E-state index contributed by atoms with van der Waals surface area (Å²) < 4.78 is 18.4. The Labute approximate surface area is 98.7 Å². The standard InChI is InChI=1S/C12H14FN3O/c1-2-10(14)12-16-15-11(17-12)7-8-4-3-5-9(13)6-8/h3-6,10H,2,7,14H2,1H3. The molecule has 1 aromatic carbocycles. The number of halogens is 1. The van der Waals surface area contributed by atoms with Crippen molar-refractivity contribution in [2.24, 2.45) is 5.73 Å². The topological polar surface area (TPSA) is 64.9 Å². The van der Waals surface area contributed by atoms with E-state index in [4.69, 9.17) is 10.2 Å². The lowest BCUT2D eigenvalue weighted by Gasteiger charge is -2.00. The highest BCUT2D eigenvalue weighted by molar-refractivity contribution is 5.19. The van der Waals surface area contributed by atoms with Gasteiger partial charge in [0.2, 0.25) is 11.8 Å². The van der Waals surface area contributed by atoms with E-state index in [0.717, 1.165) is 12.0 Å². The molecule has 0 saturated carbocycles. The first-order valence-corrected chi connectivity index (χ1v) is 5.51. The number of rotatable bonds is 4. The van der Waals surface area contributed by atoms with Gasteiger partial charge in [-0.25, -0.2) is 4.39 Å². The van der Waals surface area contributed by atoms with Crippen molar-refractivity contribution in [3.05, 3.63) is 47.4 Å². The Morgan fingerprint density at radius 2 is 2.24 bits per heavy atom. The van der Waals surface area contributed by atoms with Gasteiger partial charge >= 0.3 is 0 Å². The first-order valence-electron chi connectivity index (χ1n) is 5.51. The Kier molecular flexibility index (Phi) is 3.49. The van der Waals surface area contributed by atoms with Gasteiger partial charge in [0.25, 0.3) is 0 Å². The molecule has 1 unspecified atom stereocenters. The van der Waals surface area contributed by atoms with E-state index in [1.807, 2.05) is 13.0 Å². The predicted molar refractivity (Wildman–Crippen MR) is 60.7 cm³/mol. The molecule has 1 atom stereocenters. The van der Waals surface area contributed by atoms with Crippen molar-refractivity contribution in [3.8, 4) is 0 Å². The molecular formula is C12H14FN3O. The minimum absolute atomic E-state index is 0.233. The van der Waals surface area contributed by atoms with E-state index in [1.54, 1.807) is 6.07 Å². The van der Waals surface area contributed by atoms with Crippen molar-refractivity contribution in [2.45, 2.75) is 25.8 Å². The zero-order chi connectivity index (χ0) is 12.3. The molecule has 0 aliphatic rings. The predicted octanol–water partition coefficient (Wildman–Crippen LogP) is 2.21. The van der Waals surface area contributed by atoms with E-state index in [0.29, 0.717) is 18.2 Å². The molecule has 5 heteroatoms. The van der Waals surface area contributed by atoms with Crippen molar-refractivity contribution in [3.63, 3.8) is 0 Å². The zero-order valence-electron chi connectivity index (χ0n) is 9.56. The van der Waals surface area contributed by atoms with Gasteiger partial charge in [-0.2, -0.15) is 0 Å². The fourth-order valence-electron chi connectivity index (χ4n) is 1.48. The van der Waals surface area contributed by atoms with E-state index in [2.05, 4.69) is 10.2 Å². The molecule has 0 fully saturated rings. The summed E-state index contributed by atoms with van der Waals surface area (Å²) in [5.41, 5.74) is 6.57. The molecular weight excluding hydrogens is 221 g/mol. The molecule has 0 bridgehead atoms. The third-order valence-corrected chi connectivity index (χ3v) is 2.48. The highest BCUT2D eigenvalue weighted by atomic mass is 19.1. The van der Waals surface area contributed by atoms with E-state index >= 15 is 0 Å². The van der Waals surface area contributed by atoms with Crippen LogP contribution in [0.15, 0.2) is 28.7 Å². The van der Waals surface area contributed by atoms with Gasteiger partial charge < -0.3 is 10.2 Å². The Bertz CT molecular complexity index is 498. The van der Waals surface area contributed by atoms with Crippen LogP contribution in [-0.2, 0) is 6.42 Å². The fourth-order valence-corrected chi connectivity index (χ4v) is 1.48. The average Bonchev–Trinajstić information content (AvgIpc) is 2.76. The van der Waals surface area contributed by atoms with Crippen LogP contribution in [0.3, 0.4) is 0 Å². The molecule has 0 radical (unpaired) electrons. The lowest BCUT2D eigenvalue weighted by molar-refractivity contribution is 0.418. The summed E-state index contributed by atoms with van der Waals surface area (Å²) in [6.07, 6.45) is 1.16. The maximum absolute atomic E-state index is 13.0. The van der Waals surface area contributed by atoms with E-state index < -0.39 is 0 Å². The van der Waals surface area contributed by atoms with Crippen LogP contribution in [0.5, 0.6) is 0 Å². The van der Waals surface area contributed by atoms with Crippen LogP contribution >= 0.6 is 0 Å². The van der Waals surface area contributed by atoms with Gasteiger partial charge in [-0.15, -0.1) is 10.2 Å². The molecule has 17 heavy (non-hydrogen) atoms. The van der Waals surface area contributed by atoms with Crippen LogP contribution in [0.4, 0.5) is 4.39 Å². The number of benzene rings is 1. The lowest BCUT2D eigenvalue weighted by Crippen LogP contribution is -2.08. The summed E-state index contributed by atoms with van der Waals surface area (Å²) in [5, 5.41) is 7.76. The van der Waals surface area contributed by atoms with Crippen LogP contribution in [-0.4, -0.2) is 10.2 Å². The fraction of sp³-hybridized carbons (Fsp3) is 0.333.